The number of ether oxygens (including phenoxy) is 2. The first-order chi connectivity index (χ1) is 13.4. The molecule has 1 amide bonds. The highest BCUT2D eigenvalue weighted by Gasteiger charge is 2.33. The van der Waals surface area contributed by atoms with E-state index in [9.17, 15) is 4.79 Å². The molecule has 1 aliphatic heterocycles. The second-order valence-corrected chi connectivity index (χ2v) is 8.62. The van der Waals surface area contributed by atoms with Gasteiger partial charge in [-0.3, -0.25) is 9.69 Å². The maximum atomic E-state index is 13.0. The van der Waals surface area contributed by atoms with Crippen LogP contribution < -0.4 is 14.4 Å². The summed E-state index contributed by atoms with van der Waals surface area (Å²) >= 11 is 16.3. The monoisotopic (exact) mass is 495 g/mol. The molecule has 28 heavy (non-hydrogen) atoms. The van der Waals surface area contributed by atoms with Gasteiger partial charge in [-0.15, -0.1) is 0 Å². The molecule has 0 saturated carbocycles. The Balaban J connectivity index is 1.95. The molecule has 0 aromatic heterocycles. The maximum absolute atomic E-state index is 13.0. The molecule has 2 aromatic carbocycles. The second kappa shape index (κ2) is 9.13. The molecule has 0 N–H and O–H groups in total. The molecule has 0 spiro atoms. The van der Waals surface area contributed by atoms with Crippen molar-refractivity contribution in [2.75, 3.05) is 18.6 Å². The van der Waals surface area contributed by atoms with Crippen LogP contribution in [0, 0.1) is 0 Å². The summed E-state index contributed by atoms with van der Waals surface area (Å²) in [5, 5.41) is 0.408. The van der Waals surface area contributed by atoms with E-state index in [1.807, 2.05) is 18.2 Å². The molecule has 0 unspecified atom stereocenters. The lowest BCUT2D eigenvalue weighted by atomic mass is 10.2. The number of methoxy groups -OCH3 is 1. The first-order valence-corrected chi connectivity index (χ1v) is 10.5. The number of amides is 1. The van der Waals surface area contributed by atoms with Crippen molar-refractivity contribution in [3.05, 3.63) is 69.0 Å². The molecular formula is C20H15BrClNO3S2. The van der Waals surface area contributed by atoms with Crippen molar-refractivity contribution in [1.82, 2.24) is 0 Å². The number of nitrogens with zero attached hydrogens (tertiary/aromatic N) is 1. The summed E-state index contributed by atoms with van der Waals surface area (Å²) in [6.45, 7) is 4.03. The predicted molar refractivity (Wildman–Crippen MR) is 123 cm³/mol. The Bertz CT molecular complexity index is 993. The van der Waals surface area contributed by atoms with Crippen molar-refractivity contribution in [2.45, 2.75) is 0 Å². The first kappa shape index (κ1) is 20.9. The molecule has 0 radical (unpaired) electrons. The number of benzene rings is 2. The summed E-state index contributed by atoms with van der Waals surface area (Å²) in [7, 11) is 1.53. The van der Waals surface area contributed by atoms with Crippen molar-refractivity contribution in [3.8, 4) is 11.5 Å². The van der Waals surface area contributed by atoms with Gasteiger partial charge in [0.1, 0.15) is 18.1 Å². The Labute approximate surface area is 186 Å². The van der Waals surface area contributed by atoms with Crippen molar-refractivity contribution in [1.29, 1.82) is 0 Å². The van der Waals surface area contributed by atoms with Gasteiger partial charge in [0.05, 0.1) is 22.7 Å². The fourth-order valence-corrected chi connectivity index (χ4v) is 4.46. The Morgan fingerprint density at radius 1 is 1.29 bits per heavy atom. The van der Waals surface area contributed by atoms with Crippen LogP contribution in [0.1, 0.15) is 5.56 Å². The van der Waals surface area contributed by atoms with Crippen LogP contribution in [0.4, 0.5) is 5.69 Å². The largest absolute Gasteiger partial charge is 0.495 e. The Morgan fingerprint density at radius 2 is 2.04 bits per heavy atom. The van der Waals surface area contributed by atoms with E-state index in [0.29, 0.717) is 38.0 Å². The van der Waals surface area contributed by atoms with Crippen molar-refractivity contribution in [2.24, 2.45) is 0 Å². The highest BCUT2D eigenvalue weighted by Crippen LogP contribution is 2.39. The molecule has 0 bridgehead atoms. The number of thiocarbonyl (C=S) groups is 1. The second-order valence-electron chi connectivity index (χ2n) is 5.62. The molecule has 0 aliphatic carbocycles. The van der Waals surface area contributed by atoms with E-state index in [-0.39, 0.29) is 5.91 Å². The van der Waals surface area contributed by atoms with Gasteiger partial charge in [-0.1, -0.05) is 64.2 Å². The van der Waals surface area contributed by atoms with Gasteiger partial charge in [0.25, 0.3) is 5.91 Å². The SMILES string of the molecule is C=CCOc1ccc(Br)cc1/C=C1/SC(=S)N(c2ccc(OC)c(Cl)c2)C1=O. The lowest BCUT2D eigenvalue weighted by molar-refractivity contribution is -0.113. The standard InChI is InChI=1S/C20H15BrClNO3S2/c1-3-8-26-16-6-4-13(21)9-12(16)10-18-19(24)23(20(27)28-18)14-5-7-17(25-2)15(22)11-14/h3-7,9-11H,1,8H2,2H3/b18-10+. The zero-order chi connectivity index (χ0) is 20.3. The first-order valence-electron chi connectivity index (χ1n) is 8.09. The molecular weight excluding hydrogens is 482 g/mol. The molecule has 4 nitrogen and oxygen atoms in total. The predicted octanol–water partition coefficient (Wildman–Crippen LogP) is 6.08. The zero-order valence-corrected chi connectivity index (χ0v) is 18.8. The molecule has 1 aliphatic rings. The molecule has 0 atom stereocenters. The Kier molecular flexibility index (Phi) is 6.82. The van der Waals surface area contributed by atoms with Gasteiger partial charge in [-0.2, -0.15) is 0 Å². The van der Waals surface area contributed by atoms with Gasteiger partial charge in [0, 0.05) is 10.0 Å². The molecule has 1 saturated heterocycles. The minimum absolute atomic E-state index is 0.217. The fraction of sp³-hybridized carbons (Fsp3) is 0.100. The zero-order valence-electron chi connectivity index (χ0n) is 14.8. The summed E-state index contributed by atoms with van der Waals surface area (Å²) in [5.41, 5.74) is 1.36. The van der Waals surface area contributed by atoms with Crippen LogP contribution >= 0.6 is 51.5 Å². The number of anilines is 1. The molecule has 8 heteroatoms. The minimum atomic E-state index is -0.217. The lowest BCUT2D eigenvalue weighted by Gasteiger charge is -2.15. The molecule has 3 rings (SSSR count). The highest BCUT2D eigenvalue weighted by molar-refractivity contribution is 9.10. The average molecular weight is 497 g/mol. The molecule has 2 aromatic rings. The molecule has 1 fully saturated rings. The van der Waals surface area contributed by atoms with Crippen LogP contribution in [-0.4, -0.2) is 23.9 Å². The van der Waals surface area contributed by atoms with Crippen molar-refractivity contribution < 1.29 is 14.3 Å². The van der Waals surface area contributed by atoms with E-state index in [4.69, 9.17) is 33.3 Å². The van der Waals surface area contributed by atoms with Crippen LogP contribution in [-0.2, 0) is 4.79 Å². The van der Waals surface area contributed by atoms with Crippen LogP contribution in [0.3, 0.4) is 0 Å². The highest BCUT2D eigenvalue weighted by atomic mass is 79.9. The van der Waals surface area contributed by atoms with E-state index in [1.165, 1.54) is 23.8 Å². The number of carbonyl (C=O) groups excluding carboxylic acids is 1. The number of hydrogen-bond donors (Lipinski definition) is 0. The normalized spacial score (nSPS) is 15.2. The molecule has 144 valence electrons. The maximum Gasteiger partial charge on any atom is 0.270 e. The van der Waals surface area contributed by atoms with E-state index < -0.39 is 0 Å². The van der Waals surface area contributed by atoms with Crippen LogP contribution in [0.5, 0.6) is 11.5 Å². The van der Waals surface area contributed by atoms with Gasteiger partial charge < -0.3 is 9.47 Å². The minimum Gasteiger partial charge on any atom is -0.495 e. The smallest absolute Gasteiger partial charge is 0.270 e. The van der Waals surface area contributed by atoms with Crippen molar-refractivity contribution in [3.63, 3.8) is 0 Å². The van der Waals surface area contributed by atoms with Crippen LogP contribution in [0.25, 0.3) is 6.08 Å². The number of thioether (sulfide) groups is 1. The summed E-state index contributed by atoms with van der Waals surface area (Å²) < 4.78 is 12.2. The van der Waals surface area contributed by atoms with Crippen LogP contribution in [0.2, 0.25) is 5.02 Å². The van der Waals surface area contributed by atoms with E-state index >= 15 is 0 Å². The van der Waals surface area contributed by atoms with Gasteiger partial charge in [-0.25, -0.2) is 0 Å². The summed E-state index contributed by atoms with van der Waals surface area (Å²) in [5.74, 6) is 0.969. The summed E-state index contributed by atoms with van der Waals surface area (Å²) in [4.78, 5) is 15.0. The number of hydrogen-bond acceptors (Lipinski definition) is 5. The average Bonchev–Trinajstić information content (AvgIpc) is 2.94. The third-order valence-corrected chi connectivity index (χ3v) is 5.89. The Morgan fingerprint density at radius 3 is 2.71 bits per heavy atom. The summed E-state index contributed by atoms with van der Waals surface area (Å²) in [6, 6.07) is 10.7. The van der Waals surface area contributed by atoms with Gasteiger partial charge in [-0.05, 0) is 42.5 Å². The Hall–Kier alpha value is -1.80. The van der Waals surface area contributed by atoms with Gasteiger partial charge in [0.15, 0.2) is 4.32 Å². The van der Waals surface area contributed by atoms with E-state index in [1.54, 1.807) is 30.4 Å². The van der Waals surface area contributed by atoms with E-state index in [2.05, 4.69) is 22.5 Å². The lowest BCUT2D eigenvalue weighted by Crippen LogP contribution is -2.27. The van der Waals surface area contributed by atoms with E-state index in [0.717, 1.165) is 10.0 Å². The molecule has 1 heterocycles. The quantitative estimate of drug-likeness (QED) is 0.275. The van der Waals surface area contributed by atoms with Gasteiger partial charge in [0.2, 0.25) is 0 Å². The van der Waals surface area contributed by atoms with Gasteiger partial charge >= 0.3 is 0 Å². The third-order valence-electron chi connectivity index (χ3n) is 3.80. The fourth-order valence-electron chi connectivity index (χ4n) is 2.54. The van der Waals surface area contributed by atoms with Crippen LogP contribution in [0.15, 0.2) is 58.4 Å². The summed E-state index contributed by atoms with van der Waals surface area (Å²) in [6.07, 6.45) is 3.44. The number of carbonyl (C=O) groups is 1. The topological polar surface area (TPSA) is 38.8 Å². The van der Waals surface area contributed by atoms with Crippen molar-refractivity contribution >= 4 is 73.5 Å². The third kappa shape index (κ3) is 4.43. The number of rotatable bonds is 6. The number of halogens is 2.